The summed E-state index contributed by atoms with van der Waals surface area (Å²) in [4.78, 5) is 24.8. The molecule has 0 N–H and O–H groups in total. The van der Waals surface area contributed by atoms with Crippen LogP contribution < -0.4 is 0 Å². The molecule has 0 aromatic heterocycles. The first-order chi connectivity index (χ1) is 7.56. The molecule has 1 aliphatic rings. The third kappa shape index (κ3) is 3.40. The Morgan fingerprint density at radius 2 is 2.25 bits per heavy atom. The van der Waals surface area contributed by atoms with Crippen molar-refractivity contribution in [2.24, 2.45) is 11.8 Å². The van der Waals surface area contributed by atoms with Crippen molar-refractivity contribution in [2.45, 2.75) is 13.3 Å². The molecule has 0 radical (unpaired) electrons. The van der Waals surface area contributed by atoms with Crippen LogP contribution in [-0.2, 0) is 14.3 Å². The molecule has 4 nitrogen and oxygen atoms in total. The van der Waals surface area contributed by atoms with Crippen molar-refractivity contribution in [1.82, 2.24) is 4.90 Å². The van der Waals surface area contributed by atoms with Gasteiger partial charge in [0.25, 0.3) is 0 Å². The molecule has 5 heteroatoms. The van der Waals surface area contributed by atoms with Gasteiger partial charge in [-0.2, -0.15) is 11.8 Å². The minimum absolute atomic E-state index is 0.139. The van der Waals surface area contributed by atoms with Gasteiger partial charge in [0.2, 0.25) is 5.91 Å². The molecule has 2 unspecified atom stereocenters. The van der Waals surface area contributed by atoms with E-state index in [1.54, 1.807) is 18.9 Å². The van der Waals surface area contributed by atoms with Crippen LogP contribution in [0.5, 0.6) is 0 Å². The normalized spacial score (nSPS) is 21.6. The summed E-state index contributed by atoms with van der Waals surface area (Å²) < 4.78 is 4.64. The summed E-state index contributed by atoms with van der Waals surface area (Å²) in [6, 6.07) is 0. The van der Waals surface area contributed by atoms with Crippen LogP contribution in [0.1, 0.15) is 13.3 Å². The maximum atomic E-state index is 12.0. The number of amides is 1. The summed E-state index contributed by atoms with van der Waals surface area (Å²) in [6.07, 6.45) is 0.959. The van der Waals surface area contributed by atoms with Crippen LogP contribution in [0, 0.1) is 11.8 Å². The first kappa shape index (κ1) is 13.4. The molecule has 1 fully saturated rings. The molecule has 92 valence electrons. The first-order valence-corrected chi connectivity index (χ1v) is 6.62. The Morgan fingerprint density at radius 3 is 2.75 bits per heavy atom. The highest BCUT2D eigenvalue weighted by molar-refractivity contribution is 7.99. The van der Waals surface area contributed by atoms with E-state index in [2.05, 4.69) is 4.74 Å². The maximum Gasteiger partial charge on any atom is 0.310 e. The highest BCUT2D eigenvalue weighted by Crippen LogP contribution is 2.25. The molecule has 0 aliphatic carbocycles. The summed E-state index contributed by atoms with van der Waals surface area (Å²) in [6.45, 7) is 2.21. The van der Waals surface area contributed by atoms with Crippen LogP contribution in [0.4, 0.5) is 0 Å². The molecule has 1 amide bonds. The summed E-state index contributed by atoms with van der Waals surface area (Å²) in [7, 11) is 3.12. The van der Waals surface area contributed by atoms with Gasteiger partial charge in [-0.3, -0.25) is 9.59 Å². The number of thioether (sulfide) groups is 1. The van der Waals surface area contributed by atoms with Gasteiger partial charge in [0.15, 0.2) is 0 Å². The highest BCUT2D eigenvalue weighted by atomic mass is 32.2. The molecule has 0 aromatic rings. The SMILES string of the molecule is COC(=O)C(C)CN(C)C(=O)C1CCSC1. The lowest BCUT2D eigenvalue weighted by Gasteiger charge is -2.22. The Morgan fingerprint density at radius 1 is 1.56 bits per heavy atom. The summed E-state index contributed by atoms with van der Waals surface area (Å²) in [5.74, 6) is 1.75. The van der Waals surface area contributed by atoms with Gasteiger partial charge in [0.1, 0.15) is 0 Å². The topological polar surface area (TPSA) is 46.6 Å². The molecule has 0 saturated carbocycles. The van der Waals surface area contributed by atoms with Crippen LogP contribution in [0.25, 0.3) is 0 Å². The first-order valence-electron chi connectivity index (χ1n) is 5.46. The van der Waals surface area contributed by atoms with Crippen molar-refractivity contribution >= 4 is 23.6 Å². The van der Waals surface area contributed by atoms with E-state index in [9.17, 15) is 9.59 Å². The molecule has 1 saturated heterocycles. The molecular formula is C11H19NO3S. The van der Waals surface area contributed by atoms with Crippen LogP contribution in [0.3, 0.4) is 0 Å². The Balaban J connectivity index is 2.41. The fraction of sp³-hybridized carbons (Fsp3) is 0.818. The minimum Gasteiger partial charge on any atom is -0.469 e. The summed E-state index contributed by atoms with van der Waals surface area (Å²) in [5.41, 5.74) is 0. The number of carbonyl (C=O) groups is 2. The monoisotopic (exact) mass is 245 g/mol. The van der Waals surface area contributed by atoms with Gasteiger partial charge in [-0.15, -0.1) is 0 Å². The number of carbonyl (C=O) groups excluding carboxylic acids is 2. The molecule has 0 bridgehead atoms. The van der Waals surface area contributed by atoms with E-state index < -0.39 is 0 Å². The fourth-order valence-corrected chi connectivity index (χ4v) is 3.03. The number of rotatable bonds is 4. The lowest BCUT2D eigenvalue weighted by Crippen LogP contribution is -2.38. The second kappa shape index (κ2) is 6.13. The number of ether oxygens (including phenoxy) is 1. The van der Waals surface area contributed by atoms with Gasteiger partial charge < -0.3 is 9.64 Å². The van der Waals surface area contributed by atoms with E-state index in [0.717, 1.165) is 17.9 Å². The number of hydrogen-bond acceptors (Lipinski definition) is 4. The molecule has 1 heterocycles. The number of esters is 1. The van der Waals surface area contributed by atoms with Gasteiger partial charge in [0, 0.05) is 25.3 Å². The third-order valence-electron chi connectivity index (χ3n) is 2.81. The molecule has 2 atom stereocenters. The van der Waals surface area contributed by atoms with E-state index in [-0.39, 0.29) is 23.7 Å². The molecular weight excluding hydrogens is 226 g/mol. The maximum absolute atomic E-state index is 12.0. The van der Waals surface area contributed by atoms with E-state index >= 15 is 0 Å². The second-order valence-corrected chi connectivity index (χ2v) is 5.35. The Bertz CT molecular complexity index is 264. The smallest absolute Gasteiger partial charge is 0.310 e. The molecule has 0 spiro atoms. The van der Waals surface area contributed by atoms with Gasteiger partial charge in [-0.05, 0) is 12.2 Å². The Labute approximate surface area is 101 Å². The van der Waals surface area contributed by atoms with Crippen molar-refractivity contribution in [3.63, 3.8) is 0 Å². The predicted octanol–water partition coefficient (Wildman–Crippen LogP) is 1.01. The van der Waals surface area contributed by atoms with E-state index in [4.69, 9.17) is 0 Å². The van der Waals surface area contributed by atoms with Crippen molar-refractivity contribution in [3.8, 4) is 0 Å². The lowest BCUT2D eigenvalue weighted by molar-refractivity contribution is -0.146. The second-order valence-electron chi connectivity index (χ2n) is 4.20. The van der Waals surface area contributed by atoms with Gasteiger partial charge in [0.05, 0.1) is 13.0 Å². The Hall–Kier alpha value is -0.710. The number of nitrogens with zero attached hydrogens (tertiary/aromatic N) is 1. The van der Waals surface area contributed by atoms with Crippen LogP contribution in [0.2, 0.25) is 0 Å². The number of methoxy groups -OCH3 is 1. The summed E-state index contributed by atoms with van der Waals surface area (Å²) in [5, 5.41) is 0. The molecule has 1 aliphatic heterocycles. The standard InChI is InChI=1S/C11H19NO3S/c1-8(11(14)15-3)6-12(2)10(13)9-4-5-16-7-9/h8-9H,4-7H2,1-3H3. The minimum atomic E-state index is -0.263. The molecule has 16 heavy (non-hydrogen) atoms. The average Bonchev–Trinajstić information content (AvgIpc) is 2.79. The third-order valence-corrected chi connectivity index (χ3v) is 3.97. The fourth-order valence-electron chi connectivity index (χ4n) is 1.82. The zero-order valence-electron chi connectivity index (χ0n) is 10.1. The van der Waals surface area contributed by atoms with E-state index in [0.29, 0.717) is 6.54 Å². The summed E-state index contributed by atoms with van der Waals surface area (Å²) >= 11 is 1.82. The molecule has 1 rings (SSSR count). The van der Waals surface area contributed by atoms with Crippen molar-refractivity contribution in [2.75, 3.05) is 32.2 Å². The van der Waals surface area contributed by atoms with E-state index in [1.165, 1.54) is 7.11 Å². The van der Waals surface area contributed by atoms with Gasteiger partial charge in [-0.25, -0.2) is 0 Å². The van der Waals surface area contributed by atoms with Crippen molar-refractivity contribution in [3.05, 3.63) is 0 Å². The molecule has 0 aromatic carbocycles. The van der Waals surface area contributed by atoms with E-state index in [1.807, 2.05) is 11.8 Å². The predicted molar refractivity (Wildman–Crippen MR) is 64.2 cm³/mol. The van der Waals surface area contributed by atoms with Gasteiger partial charge >= 0.3 is 5.97 Å². The van der Waals surface area contributed by atoms with Crippen LogP contribution >= 0.6 is 11.8 Å². The number of hydrogen-bond donors (Lipinski definition) is 0. The van der Waals surface area contributed by atoms with Crippen LogP contribution in [0.15, 0.2) is 0 Å². The zero-order valence-corrected chi connectivity index (χ0v) is 10.9. The van der Waals surface area contributed by atoms with Crippen LogP contribution in [-0.4, -0.2) is 49.0 Å². The largest absolute Gasteiger partial charge is 0.469 e. The lowest BCUT2D eigenvalue weighted by atomic mass is 10.1. The zero-order chi connectivity index (χ0) is 12.1. The average molecular weight is 245 g/mol. The highest BCUT2D eigenvalue weighted by Gasteiger charge is 2.27. The van der Waals surface area contributed by atoms with Gasteiger partial charge in [-0.1, -0.05) is 6.92 Å². The quantitative estimate of drug-likeness (QED) is 0.693. The van der Waals surface area contributed by atoms with Crippen molar-refractivity contribution in [1.29, 1.82) is 0 Å². The van der Waals surface area contributed by atoms with Crippen molar-refractivity contribution < 1.29 is 14.3 Å². The Kier molecular flexibility index (Phi) is 5.12.